The molecule has 1 aromatic carbocycles. The van der Waals surface area contributed by atoms with E-state index >= 15 is 0 Å². The second-order valence-electron chi connectivity index (χ2n) is 5.67. The van der Waals surface area contributed by atoms with Crippen molar-refractivity contribution in [2.24, 2.45) is 0 Å². The third-order valence-electron chi connectivity index (χ3n) is 3.79. The van der Waals surface area contributed by atoms with Gasteiger partial charge < -0.3 is 10.2 Å². The predicted octanol–water partition coefficient (Wildman–Crippen LogP) is 2.97. The normalized spacial score (nSPS) is 15.9. The Hall–Kier alpha value is -1.39. The highest BCUT2D eigenvalue weighted by Crippen LogP contribution is 2.25. The van der Waals surface area contributed by atoms with Gasteiger partial charge in [0.15, 0.2) is 0 Å². The molecule has 5 heteroatoms. The Bertz CT molecular complexity index is 592. The molecule has 0 saturated carbocycles. The standard InChI is InChI=1S/C16H22N4.ClH/c1-12(2)15-13-6-3-4-7-14(13)18-16(19-15)20-10-5-8-17-9-11-20;/h3-4,6-7,12,17H,5,8-11H2,1-2H3;1H. The molecule has 0 radical (unpaired) electrons. The highest BCUT2D eigenvalue weighted by molar-refractivity contribution is 5.85. The number of hydrogen-bond acceptors (Lipinski definition) is 4. The van der Waals surface area contributed by atoms with Gasteiger partial charge in [-0.2, -0.15) is 0 Å². The van der Waals surface area contributed by atoms with Crippen molar-refractivity contribution >= 4 is 29.3 Å². The molecule has 1 aliphatic heterocycles. The summed E-state index contributed by atoms with van der Waals surface area (Å²) in [6.07, 6.45) is 1.15. The number of hydrogen-bond donors (Lipinski definition) is 1. The molecule has 0 spiro atoms. The molecule has 4 nitrogen and oxygen atoms in total. The quantitative estimate of drug-likeness (QED) is 0.926. The number of para-hydroxylation sites is 1. The molecule has 21 heavy (non-hydrogen) atoms. The number of fused-ring (bicyclic) bond motifs is 1. The van der Waals surface area contributed by atoms with E-state index < -0.39 is 0 Å². The number of halogens is 1. The van der Waals surface area contributed by atoms with Crippen LogP contribution < -0.4 is 10.2 Å². The molecule has 0 amide bonds. The van der Waals surface area contributed by atoms with Crippen LogP contribution in [0.5, 0.6) is 0 Å². The van der Waals surface area contributed by atoms with E-state index in [9.17, 15) is 0 Å². The summed E-state index contributed by atoms with van der Waals surface area (Å²) in [6, 6.07) is 8.32. The molecule has 1 aromatic heterocycles. The van der Waals surface area contributed by atoms with Crippen molar-refractivity contribution in [3.8, 4) is 0 Å². The van der Waals surface area contributed by atoms with E-state index in [1.54, 1.807) is 0 Å². The fraction of sp³-hybridized carbons (Fsp3) is 0.500. The Balaban J connectivity index is 0.00000161. The van der Waals surface area contributed by atoms with E-state index in [2.05, 4.69) is 42.3 Å². The van der Waals surface area contributed by atoms with E-state index in [0.29, 0.717) is 5.92 Å². The van der Waals surface area contributed by atoms with Crippen molar-refractivity contribution in [3.63, 3.8) is 0 Å². The summed E-state index contributed by atoms with van der Waals surface area (Å²) in [5.74, 6) is 1.29. The first kappa shape index (κ1) is 16.0. The van der Waals surface area contributed by atoms with Gasteiger partial charge in [0.05, 0.1) is 11.2 Å². The van der Waals surface area contributed by atoms with Gasteiger partial charge in [-0.25, -0.2) is 9.97 Å². The van der Waals surface area contributed by atoms with E-state index in [4.69, 9.17) is 9.97 Å². The van der Waals surface area contributed by atoms with Gasteiger partial charge in [-0.1, -0.05) is 32.0 Å². The van der Waals surface area contributed by atoms with E-state index in [1.165, 1.54) is 5.39 Å². The maximum Gasteiger partial charge on any atom is 0.226 e. The molecular formula is C16H23ClN4. The molecule has 1 N–H and O–H groups in total. The van der Waals surface area contributed by atoms with Gasteiger partial charge in [0, 0.05) is 25.0 Å². The smallest absolute Gasteiger partial charge is 0.226 e. The summed E-state index contributed by atoms with van der Waals surface area (Å²) in [5.41, 5.74) is 2.21. The van der Waals surface area contributed by atoms with E-state index in [1.807, 2.05) is 6.07 Å². The second kappa shape index (κ2) is 7.05. The highest BCUT2D eigenvalue weighted by atomic mass is 35.5. The minimum atomic E-state index is 0. The predicted molar refractivity (Wildman–Crippen MR) is 90.6 cm³/mol. The maximum absolute atomic E-state index is 4.85. The Kier molecular flexibility index (Phi) is 5.37. The molecule has 0 unspecified atom stereocenters. The van der Waals surface area contributed by atoms with Crippen molar-refractivity contribution in [1.82, 2.24) is 15.3 Å². The first-order chi connectivity index (χ1) is 9.75. The second-order valence-corrected chi connectivity index (χ2v) is 5.67. The van der Waals surface area contributed by atoms with Crippen molar-refractivity contribution in [3.05, 3.63) is 30.0 Å². The lowest BCUT2D eigenvalue weighted by atomic mass is 10.0. The van der Waals surface area contributed by atoms with Gasteiger partial charge in [-0.05, 0) is 24.9 Å². The van der Waals surface area contributed by atoms with Crippen LogP contribution in [0.1, 0.15) is 31.9 Å². The van der Waals surface area contributed by atoms with Gasteiger partial charge >= 0.3 is 0 Å². The van der Waals surface area contributed by atoms with Crippen LogP contribution in [-0.2, 0) is 0 Å². The molecular weight excluding hydrogens is 284 g/mol. The molecule has 114 valence electrons. The molecule has 3 rings (SSSR count). The van der Waals surface area contributed by atoms with Crippen LogP contribution in [0.2, 0.25) is 0 Å². The molecule has 1 saturated heterocycles. The van der Waals surface area contributed by atoms with Crippen molar-refractivity contribution in [1.29, 1.82) is 0 Å². The van der Waals surface area contributed by atoms with Gasteiger partial charge in [0.25, 0.3) is 0 Å². The van der Waals surface area contributed by atoms with Crippen molar-refractivity contribution in [2.75, 3.05) is 31.1 Å². The van der Waals surface area contributed by atoms with Gasteiger partial charge in [-0.15, -0.1) is 12.4 Å². The zero-order valence-corrected chi connectivity index (χ0v) is 13.5. The summed E-state index contributed by atoms with van der Waals surface area (Å²) in [7, 11) is 0. The van der Waals surface area contributed by atoms with Gasteiger partial charge in [0.2, 0.25) is 5.95 Å². The van der Waals surface area contributed by atoms with Gasteiger partial charge in [-0.3, -0.25) is 0 Å². The first-order valence-electron chi connectivity index (χ1n) is 7.48. The summed E-state index contributed by atoms with van der Waals surface area (Å²) >= 11 is 0. The Labute approximate surface area is 132 Å². The minimum Gasteiger partial charge on any atom is -0.339 e. The fourth-order valence-electron chi connectivity index (χ4n) is 2.72. The first-order valence-corrected chi connectivity index (χ1v) is 7.48. The summed E-state index contributed by atoms with van der Waals surface area (Å²) in [4.78, 5) is 11.9. The maximum atomic E-state index is 4.85. The average Bonchev–Trinajstić information content (AvgIpc) is 2.75. The monoisotopic (exact) mass is 306 g/mol. The molecule has 2 heterocycles. The molecule has 0 bridgehead atoms. The van der Waals surface area contributed by atoms with Crippen LogP contribution in [0.25, 0.3) is 10.9 Å². The Morgan fingerprint density at radius 1 is 1.10 bits per heavy atom. The van der Waals surface area contributed by atoms with Crippen LogP contribution in [0.15, 0.2) is 24.3 Å². The number of rotatable bonds is 2. The highest BCUT2D eigenvalue weighted by Gasteiger charge is 2.16. The summed E-state index contributed by atoms with van der Waals surface area (Å²) in [5, 5.41) is 4.60. The summed E-state index contributed by atoms with van der Waals surface area (Å²) < 4.78 is 0. The zero-order valence-electron chi connectivity index (χ0n) is 12.7. The van der Waals surface area contributed by atoms with Crippen LogP contribution in [-0.4, -0.2) is 36.1 Å². The molecule has 2 aromatic rings. The molecule has 0 aliphatic carbocycles. The Morgan fingerprint density at radius 2 is 1.90 bits per heavy atom. The van der Waals surface area contributed by atoms with Crippen LogP contribution >= 0.6 is 12.4 Å². The molecule has 0 atom stereocenters. The number of anilines is 1. The lowest BCUT2D eigenvalue weighted by Gasteiger charge is -2.22. The van der Waals surface area contributed by atoms with Crippen LogP contribution in [0.3, 0.4) is 0 Å². The minimum absolute atomic E-state index is 0. The molecule has 1 fully saturated rings. The Morgan fingerprint density at radius 3 is 2.71 bits per heavy atom. The fourth-order valence-corrected chi connectivity index (χ4v) is 2.72. The van der Waals surface area contributed by atoms with E-state index in [0.717, 1.165) is 49.8 Å². The lowest BCUT2D eigenvalue weighted by molar-refractivity contribution is 0.724. The van der Waals surface area contributed by atoms with Gasteiger partial charge in [0.1, 0.15) is 0 Å². The van der Waals surface area contributed by atoms with Crippen molar-refractivity contribution < 1.29 is 0 Å². The molecule has 1 aliphatic rings. The third-order valence-corrected chi connectivity index (χ3v) is 3.79. The average molecular weight is 307 g/mol. The number of aromatic nitrogens is 2. The van der Waals surface area contributed by atoms with Crippen LogP contribution in [0.4, 0.5) is 5.95 Å². The third kappa shape index (κ3) is 3.44. The lowest BCUT2D eigenvalue weighted by Crippen LogP contribution is -2.29. The van der Waals surface area contributed by atoms with Crippen LogP contribution in [0, 0.1) is 0 Å². The summed E-state index contributed by atoms with van der Waals surface area (Å²) in [6.45, 7) is 8.50. The number of benzene rings is 1. The largest absolute Gasteiger partial charge is 0.339 e. The zero-order chi connectivity index (χ0) is 13.9. The topological polar surface area (TPSA) is 41.1 Å². The number of nitrogens with zero attached hydrogens (tertiary/aromatic N) is 3. The SMILES string of the molecule is CC(C)c1nc(N2CCCNCC2)nc2ccccc12.Cl. The van der Waals surface area contributed by atoms with Crippen molar-refractivity contribution in [2.45, 2.75) is 26.2 Å². The number of nitrogens with one attached hydrogen (secondary N) is 1. The van der Waals surface area contributed by atoms with E-state index in [-0.39, 0.29) is 12.4 Å².